The lowest BCUT2D eigenvalue weighted by atomic mass is 10.1. The highest BCUT2D eigenvalue weighted by molar-refractivity contribution is 7.17. The number of nitrogens with zero attached hydrogens (tertiary/aromatic N) is 2. The third kappa shape index (κ3) is 4.34. The maximum atomic E-state index is 13.4. The van der Waals surface area contributed by atoms with Crippen LogP contribution in [0.3, 0.4) is 0 Å². The lowest BCUT2D eigenvalue weighted by Crippen LogP contribution is -2.32. The van der Waals surface area contributed by atoms with E-state index in [2.05, 4.69) is 18.8 Å². The number of ether oxygens (including phenoxy) is 2. The second kappa shape index (κ2) is 8.78. The molecule has 0 aliphatic heterocycles. The van der Waals surface area contributed by atoms with Crippen LogP contribution < -0.4 is 10.3 Å². The van der Waals surface area contributed by atoms with E-state index in [1.54, 1.807) is 21.0 Å². The Morgan fingerprint density at radius 3 is 2.52 bits per heavy atom. The minimum absolute atomic E-state index is 0.229. The fourth-order valence-electron chi connectivity index (χ4n) is 3.17. The molecule has 0 N–H and O–H groups in total. The van der Waals surface area contributed by atoms with Gasteiger partial charge in [-0.15, -0.1) is 11.3 Å². The number of thiophene rings is 1. The average Bonchev–Trinajstić information content (AvgIpc) is 3.11. The van der Waals surface area contributed by atoms with Crippen LogP contribution in [-0.4, -0.2) is 29.2 Å². The number of aromatic nitrogens is 2. The van der Waals surface area contributed by atoms with Crippen LogP contribution in [0.4, 0.5) is 0 Å². The summed E-state index contributed by atoms with van der Waals surface area (Å²) in [4.78, 5) is 31.1. The highest BCUT2D eigenvalue weighted by Gasteiger charge is 2.23. The summed E-state index contributed by atoms with van der Waals surface area (Å²) in [6, 6.07) is 6.79. The quantitative estimate of drug-likeness (QED) is 0.529. The van der Waals surface area contributed by atoms with Gasteiger partial charge in [0.05, 0.1) is 19.1 Å². The van der Waals surface area contributed by atoms with Gasteiger partial charge in [0.25, 0.3) is 5.56 Å². The number of hydrogen-bond acceptors (Lipinski definition) is 6. The van der Waals surface area contributed by atoms with Crippen molar-refractivity contribution in [2.75, 3.05) is 13.7 Å². The zero-order valence-electron chi connectivity index (χ0n) is 17.4. The zero-order valence-corrected chi connectivity index (χ0v) is 18.2. The molecule has 3 aromatic rings. The Bertz CT molecular complexity index is 1070. The van der Waals surface area contributed by atoms with Gasteiger partial charge in [0.15, 0.2) is 0 Å². The van der Waals surface area contributed by atoms with Crippen molar-refractivity contribution in [3.05, 3.63) is 45.8 Å². The van der Waals surface area contributed by atoms with Gasteiger partial charge in [0.2, 0.25) is 0 Å². The second-order valence-corrected chi connectivity index (χ2v) is 8.28. The summed E-state index contributed by atoms with van der Waals surface area (Å²) in [5.74, 6) is 1.27. The van der Waals surface area contributed by atoms with Crippen LogP contribution in [0.5, 0.6) is 5.75 Å². The molecular weight excluding hydrogens is 388 g/mol. The van der Waals surface area contributed by atoms with Crippen LogP contribution in [0.15, 0.2) is 34.4 Å². The van der Waals surface area contributed by atoms with Crippen LogP contribution in [0.25, 0.3) is 21.3 Å². The van der Waals surface area contributed by atoms with Gasteiger partial charge in [-0.25, -0.2) is 9.78 Å². The molecule has 154 valence electrons. The third-order valence-electron chi connectivity index (χ3n) is 4.89. The molecule has 1 atom stereocenters. The average molecular weight is 415 g/mol. The number of carbonyl (C=O) groups excluding carboxylic acids is 1. The number of aryl methyl sites for hydroxylation is 1. The van der Waals surface area contributed by atoms with Crippen LogP contribution in [0, 0.1) is 12.8 Å². The molecule has 6 nitrogen and oxygen atoms in total. The molecule has 7 heteroatoms. The maximum Gasteiger partial charge on any atom is 0.329 e. The van der Waals surface area contributed by atoms with Crippen molar-refractivity contribution >= 4 is 27.5 Å². The fraction of sp³-hybridized carbons (Fsp3) is 0.409. The number of esters is 1. The molecule has 0 radical (unpaired) electrons. The lowest BCUT2D eigenvalue weighted by Gasteiger charge is -2.17. The number of fused-ring (bicyclic) bond motifs is 1. The summed E-state index contributed by atoms with van der Waals surface area (Å²) in [7, 11) is 1.61. The summed E-state index contributed by atoms with van der Waals surface area (Å²) < 4.78 is 12.0. The van der Waals surface area contributed by atoms with E-state index in [0.717, 1.165) is 23.3 Å². The van der Waals surface area contributed by atoms with Crippen molar-refractivity contribution in [3.63, 3.8) is 0 Å². The van der Waals surface area contributed by atoms with E-state index < -0.39 is 12.0 Å². The van der Waals surface area contributed by atoms with E-state index in [9.17, 15) is 9.59 Å². The minimum atomic E-state index is -0.741. The van der Waals surface area contributed by atoms with E-state index in [1.165, 1.54) is 15.9 Å². The van der Waals surface area contributed by atoms with Gasteiger partial charge in [-0.2, -0.15) is 0 Å². The van der Waals surface area contributed by atoms with E-state index in [-0.39, 0.29) is 5.56 Å². The van der Waals surface area contributed by atoms with Crippen molar-refractivity contribution in [2.45, 2.75) is 40.2 Å². The molecule has 2 aromatic heterocycles. The van der Waals surface area contributed by atoms with Gasteiger partial charge in [0.1, 0.15) is 22.4 Å². The molecule has 0 amide bonds. The summed E-state index contributed by atoms with van der Waals surface area (Å²) in [5.41, 5.74) is 1.48. The zero-order chi connectivity index (χ0) is 21.1. The van der Waals surface area contributed by atoms with Crippen molar-refractivity contribution in [3.8, 4) is 16.9 Å². The third-order valence-corrected chi connectivity index (χ3v) is 5.76. The smallest absolute Gasteiger partial charge is 0.329 e. The van der Waals surface area contributed by atoms with Crippen molar-refractivity contribution in [2.24, 2.45) is 5.92 Å². The number of carbonyl (C=O) groups is 1. The van der Waals surface area contributed by atoms with Gasteiger partial charge in [-0.3, -0.25) is 9.36 Å². The summed E-state index contributed by atoms with van der Waals surface area (Å²) in [6.07, 6.45) is 0.787. The van der Waals surface area contributed by atoms with Gasteiger partial charge >= 0.3 is 5.97 Å². The summed E-state index contributed by atoms with van der Waals surface area (Å²) in [6.45, 7) is 7.91. The van der Waals surface area contributed by atoms with E-state index in [0.29, 0.717) is 28.6 Å². The normalized spacial score (nSPS) is 12.3. The van der Waals surface area contributed by atoms with Crippen molar-refractivity contribution < 1.29 is 14.3 Å². The van der Waals surface area contributed by atoms with Crippen molar-refractivity contribution in [1.82, 2.24) is 9.55 Å². The van der Waals surface area contributed by atoms with E-state index in [4.69, 9.17) is 9.47 Å². The van der Waals surface area contributed by atoms with E-state index in [1.807, 2.05) is 29.6 Å². The standard InChI is InChI=1S/C22H26N2O4S/c1-13(2)10-11-28-22(26)14(3)24-15(4)23-20-19(21(24)25)18(12-29-20)16-6-8-17(27-5)9-7-16/h6-9,12-14H,10-11H2,1-5H3. The molecule has 2 heterocycles. The SMILES string of the molecule is COc1ccc(-c2csc3nc(C)n(C(C)C(=O)OCCC(C)C)c(=O)c23)cc1. The highest BCUT2D eigenvalue weighted by Crippen LogP contribution is 2.32. The Hall–Kier alpha value is -2.67. The molecule has 0 bridgehead atoms. The predicted molar refractivity (Wildman–Crippen MR) is 116 cm³/mol. The molecule has 0 saturated heterocycles. The first-order valence-electron chi connectivity index (χ1n) is 9.64. The minimum Gasteiger partial charge on any atom is -0.497 e. The van der Waals surface area contributed by atoms with Gasteiger partial charge in [0, 0.05) is 10.9 Å². The molecule has 0 aliphatic rings. The highest BCUT2D eigenvalue weighted by atomic mass is 32.1. The molecule has 3 rings (SSSR count). The number of hydrogen-bond donors (Lipinski definition) is 0. The molecule has 29 heavy (non-hydrogen) atoms. The maximum absolute atomic E-state index is 13.4. The first kappa shape index (κ1) is 21.0. The van der Waals surface area contributed by atoms with Gasteiger partial charge in [-0.05, 0) is 43.9 Å². The fourth-order valence-corrected chi connectivity index (χ4v) is 4.15. The number of rotatable bonds is 7. The number of benzene rings is 1. The largest absolute Gasteiger partial charge is 0.497 e. The molecule has 1 aromatic carbocycles. The number of methoxy groups -OCH3 is 1. The summed E-state index contributed by atoms with van der Waals surface area (Å²) in [5, 5.41) is 2.45. The Kier molecular flexibility index (Phi) is 6.37. The molecule has 0 spiro atoms. The Balaban J connectivity index is 2.00. The first-order valence-corrected chi connectivity index (χ1v) is 10.5. The molecule has 0 aliphatic carbocycles. The molecule has 1 unspecified atom stereocenters. The van der Waals surface area contributed by atoms with Crippen LogP contribution in [0.1, 0.15) is 39.1 Å². The second-order valence-electron chi connectivity index (χ2n) is 7.42. The summed E-state index contributed by atoms with van der Waals surface area (Å²) >= 11 is 1.42. The Morgan fingerprint density at radius 1 is 1.21 bits per heavy atom. The van der Waals surface area contributed by atoms with Gasteiger partial charge in [-0.1, -0.05) is 26.0 Å². The van der Waals surface area contributed by atoms with Crippen LogP contribution in [0.2, 0.25) is 0 Å². The van der Waals surface area contributed by atoms with Crippen LogP contribution in [-0.2, 0) is 9.53 Å². The molecule has 0 fully saturated rings. The van der Waals surface area contributed by atoms with Crippen molar-refractivity contribution in [1.29, 1.82) is 0 Å². The molecule has 0 saturated carbocycles. The van der Waals surface area contributed by atoms with Crippen LogP contribution >= 0.6 is 11.3 Å². The first-order chi connectivity index (χ1) is 13.8. The van der Waals surface area contributed by atoms with E-state index >= 15 is 0 Å². The monoisotopic (exact) mass is 414 g/mol. The lowest BCUT2D eigenvalue weighted by molar-refractivity contribution is -0.147. The Labute approximate surface area is 174 Å². The Morgan fingerprint density at radius 2 is 1.90 bits per heavy atom. The molecular formula is C22H26N2O4S. The van der Waals surface area contributed by atoms with Gasteiger partial charge < -0.3 is 9.47 Å². The topological polar surface area (TPSA) is 70.4 Å². The predicted octanol–water partition coefficient (Wildman–Crippen LogP) is 4.59.